The molecule has 1 aromatic carbocycles. The standard InChI is InChI=1S/C22H23N5O3/c1-15-10-19(24-30-15)22(29)25-11-17-12-27(20(28)14-26-9-5-8-23-26)21(18(17)13-25)16-6-3-2-4-7-16/h2-10,17-18,21H,11-14H2,1H3/t17-,18-,21-/m0/s1. The Hall–Kier alpha value is -3.42. The third-order valence-corrected chi connectivity index (χ3v) is 6.12. The number of hydrogen-bond acceptors (Lipinski definition) is 5. The van der Waals surface area contributed by atoms with Gasteiger partial charge < -0.3 is 14.3 Å². The zero-order valence-electron chi connectivity index (χ0n) is 16.7. The first kappa shape index (κ1) is 18.6. The third-order valence-electron chi connectivity index (χ3n) is 6.12. The zero-order valence-corrected chi connectivity index (χ0v) is 16.7. The number of hydrogen-bond donors (Lipinski definition) is 0. The van der Waals surface area contributed by atoms with Crippen LogP contribution in [-0.4, -0.2) is 56.2 Å². The van der Waals surface area contributed by atoms with Gasteiger partial charge >= 0.3 is 0 Å². The molecule has 2 aromatic heterocycles. The summed E-state index contributed by atoms with van der Waals surface area (Å²) in [6.45, 7) is 3.84. The molecule has 2 aliphatic rings. The molecule has 3 aromatic rings. The van der Waals surface area contributed by atoms with Crippen molar-refractivity contribution < 1.29 is 14.1 Å². The van der Waals surface area contributed by atoms with E-state index in [1.54, 1.807) is 30.1 Å². The van der Waals surface area contributed by atoms with Gasteiger partial charge in [0.2, 0.25) is 5.91 Å². The van der Waals surface area contributed by atoms with Crippen molar-refractivity contribution in [2.45, 2.75) is 19.5 Å². The fraction of sp³-hybridized carbons (Fsp3) is 0.364. The van der Waals surface area contributed by atoms with Crippen LogP contribution in [0.25, 0.3) is 0 Å². The molecule has 5 rings (SSSR count). The second-order valence-corrected chi connectivity index (χ2v) is 8.06. The molecule has 2 fully saturated rings. The Labute approximate surface area is 174 Å². The van der Waals surface area contributed by atoms with Gasteiger partial charge in [0.05, 0.1) is 6.04 Å². The van der Waals surface area contributed by atoms with Crippen molar-refractivity contribution in [1.29, 1.82) is 0 Å². The van der Waals surface area contributed by atoms with Crippen LogP contribution < -0.4 is 0 Å². The molecule has 0 N–H and O–H groups in total. The normalized spacial score (nSPS) is 23.0. The van der Waals surface area contributed by atoms with Crippen molar-refractivity contribution in [2.24, 2.45) is 11.8 Å². The average molecular weight is 405 g/mol. The lowest BCUT2D eigenvalue weighted by Gasteiger charge is -2.30. The summed E-state index contributed by atoms with van der Waals surface area (Å²) in [5, 5.41) is 8.04. The van der Waals surface area contributed by atoms with Crippen molar-refractivity contribution in [3.8, 4) is 0 Å². The van der Waals surface area contributed by atoms with Gasteiger partial charge in [-0.3, -0.25) is 14.3 Å². The number of carbonyl (C=O) groups is 2. The number of fused-ring (bicyclic) bond motifs is 1. The fourth-order valence-corrected chi connectivity index (χ4v) is 4.80. The highest BCUT2D eigenvalue weighted by Crippen LogP contribution is 2.45. The number of benzene rings is 1. The molecule has 0 radical (unpaired) electrons. The van der Waals surface area contributed by atoms with Gasteiger partial charge in [-0.25, -0.2) is 0 Å². The maximum atomic E-state index is 13.1. The first-order valence-electron chi connectivity index (χ1n) is 10.1. The molecule has 0 spiro atoms. The number of nitrogens with zero attached hydrogens (tertiary/aromatic N) is 5. The minimum Gasteiger partial charge on any atom is -0.361 e. The van der Waals surface area contributed by atoms with Gasteiger partial charge in [0.15, 0.2) is 5.69 Å². The van der Waals surface area contributed by atoms with E-state index >= 15 is 0 Å². The van der Waals surface area contributed by atoms with Crippen molar-refractivity contribution in [1.82, 2.24) is 24.7 Å². The van der Waals surface area contributed by atoms with Crippen LogP contribution >= 0.6 is 0 Å². The summed E-state index contributed by atoms with van der Waals surface area (Å²) in [6.07, 6.45) is 3.47. The van der Waals surface area contributed by atoms with E-state index in [4.69, 9.17) is 4.52 Å². The highest BCUT2D eigenvalue weighted by molar-refractivity contribution is 5.92. The Morgan fingerprint density at radius 1 is 1.13 bits per heavy atom. The Morgan fingerprint density at radius 3 is 2.67 bits per heavy atom. The van der Waals surface area contributed by atoms with Crippen LogP contribution in [0.4, 0.5) is 0 Å². The second-order valence-electron chi connectivity index (χ2n) is 8.06. The minimum atomic E-state index is -0.109. The molecule has 8 nitrogen and oxygen atoms in total. The molecular formula is C22H23N5O3. The van der Waals surface area contributed by atoms with E-state index in [9.17, 15) is 9.59 Å². The maximum Gasteiger partial charge on any atom is 0.276 e. The SMILES string of the molecule is Cc1cc(C(=O)N2C[C@H]3CN(C(=O)Cn4cccn4)[C@@H](c4ccccc4)[C@H]3C2)no1. The summed E-state index contributed by atoms with van der Waals surface area (Å²) in [5.41, 5.74) is 1.45. The first-order valence-corrected chi connectivity index (χ1v) is 10.1. The van der Waals surface area contributed by atoms with Crippen LogP contribution in [0.3, 0.4) is 0 Å². The average Bonchev–Trinajstić information content (AvgIpc) is 3.52. The summed E-state index contributed by atoms with van der Waals surface area (Å²) in [4.78, 5) is 29.8. The quantitative estimate of drug-likeness (QED) is 0.664. The van der Waals surface area contributed by atoms with Gasteiger partial charge in [-0.15, -0.1) is 0 Å². The molecule has 0 aliphatic carbocycles. The number of likely N-dealkylation sites (tertiary alicyclic amines) is 2. The topological polar surface area (TPSA) is 84.5 Å². The Morgan fingerprint density at radius 2 is 1.97 bits per heavy atom. The van der Waals surface area contributed by atoms with Crippen LogP contribution in [0, 0.1) is 18.8 Å². The summed E-state index contributed by atoms with van der Waals surface area (Å²) >= 11 is 0. The van der Waals surface area contributed by atoms with Gasteiger partial charge in [-0.05, 0) is 18.6 Å². The van der Waals surface area contributed by atoms with Crippen LogP contribution in [0.15, 0.2) is 59.4 Å². The van der Waals surface area contributed by atoms with E-state index in [2.05, 4.69) is 22.4 Å². The van der Waals surface area contributed by atoms with E-state index in [0.717, 1.165) is 5.56 Å². The van der Waals surface area contributed by atoms with Gasteiger partial charge in [0.25, 0.3) is 5.91 Å². The molecule has 0 bridgehead atoms. The van der Waals surface area contributed by atoms with Crippen LogP contribution in [0.5, 0.6) is 0 Å². The summed E-state index contributed by atoms with van der Waals surface area (Å²) in [5.74, 6) is 0.976. The lowest BCUT2D eigenvalue weighted by Crippen LogP contribution is -2.39. The van der Waals surface area contributed by atoms with E-state index in [1.165, 1.54) is 0 Å². The van der Waals surface area contributed by atoms with Crippen molar-refractivity contribution in [3.05, 3.63) is 71.9 Å². The number of aryl methyl sites for hydroxylation is 1. The Balaban J connectivity index is 1.39. The number of amides is 2. The molecule has 154 valence electrons. The van der Waals surface area contributed by atoms with Crippen molar-refractivity contribution in [3.63, 3.8) is 0 Å². The van der Waals surface area contributed by atoms with Crippen LogP contribution in [0.1, 0.15) is 27.9 Å². The molecule has 30 heavy (non-hydrogen) atoms. The van der Waals surface area contributed by atoms with Gasteiger partial charge in [-0.2, -0.15) is 5.10 Å². The lowest BCUT2D eigenvalue weighted by atomic mass is 9.89. The largest absolute Gasteiger partial charge is 0.361 e. The van der Waals surface area contributed by atoms with Gasteiger partial charge in [0, 0.05) is 49.9 Å². The summed E-state index contributed by atoms with van der Waals surface area (Å²) < 4.78 is 6.72. The second kappa shape index (κ2) is 7.44. The minimum absolute atomic E-state index is 0.0481. The highest BCUT2D eigenvalue weighted by Gasteiger charge is 2.50. The Bertz CT molecular complexity index is 1050. The van der Waals surface area contributed by atoms with Crippen LogP contribution in [-0.2, 0) is 11.3 Å². The number of rotatable bonds is 4. The Kier molecular flexibility index (Phi) is 4.61. The highest BCUT2D eigenvalue weighted by atomic mass is 16.5. The molecule has 2 saturated heterocycles. The third kappa shape index (κ3) is 3.28. The summed E-state index contributed by atoms with van der Waals surface area (Å²) in [6, 6.07) is 13.5. The molecular weight excluding hydrogens is 382 g/mol. The smallest absolute Gasteiger partial charge is 0.276 e. The lowest BCUT2D eigenvalue weighted by molar-refractivity contribution is -0.133. The molecule has 2 amide bonds. The fourth-order valence-electron chi connectivity index (χ4n) is 4.80. The zero-order chi connectivity index (χ0) is 20.7. The van der Waals surface area contributed by atoms with E-state index in [1.807, 2.05) is 34.1 Å². The molecule has 2 aliphatic heterocycles. The monoisotopic (exact) mass is 405 g/mol. The predicted molar refractivity (Wildman–Crippen MR) is 107 cm³/mol. The van der Waals surface area contributed by atoms with Gasteiger partial charge in [-0.1, -0.05) is 35.5 Å². The van der Waals surface area contributed by atoms with E-state index in [0.29, 0.717) is 31.1 Å². The van der Waals surface area contributed by atoms with Crippen molar-refractivity contribution in [2.75, 3.05) is 19.6 Å². The van der Waals surface area contributed by atoms with Gasteiger partial charge in [0.1, 0.15) is 12.3 Å². The predicted octanol–water partition coefficient (Wildman–Crippen LogP) is 2.15. The van der Waals surface area contributed by atoms with E-state index < -0.39 is 0 Å². The maximum absolute atomic E-state index is 13.1. The van der Waals surface area contributed by atoms with Crippen LogP contribution in [0.2, 0.25) is 0 Å². The molecule has 0 unspecified atom stereocenters. The molecule has 8 heteroatoms. The molecule has 4 heterocycles. The first-order chi connectivity index (χ1) is 14.6. The molecule has 3 atom stereocenters. The summed E-state index contributed by atoms with van der Waals surface area (Å²) in [7, 11) is 0. The number of carbonyl (C=O) groups excluding carboxylic acids is 2. The van der Waals surface area contributed by atoms with E-state index in [-0.39, 0.29) is 36.2 Å². The number of aromatic nitrogens is 3. The molecule has 0 saturated carbocycles. The van der Waals surface area contributed by atoms with Crippen molar-refractivity contribution >= 4 is 11.8 Å².